The number of methoxy groups -OCH3 is 2. The molecule has 4 rings (SSSR count). The molecule has 4 aromatic rings. The fourth-order valence-corrected chi connectivity index (χ4v) is 3.94. The first-order valence-corrected chi connectivity index (χ1v) is 10.8. The van der Waals surface area contributed by atoms with Crippen molar-refractivity contribution in [3.63, 3.8) is 0 Å². The predicted octanol–water partition coefficient (Wildman–Crippen LogP) is 3.62. The van der Waals surface area contributed by atoms with Crippen LogP contribution in [-0.4, -0.2) is 42.0 Å². The fraction of sp³-hybridized carbons (Fsp3) is 0.174. The molecule has 0 aliphatic carbocycles. The number of rotatable bonds is 8. The standard InChI is InChI=1S/C23H22N4O4S/c1-30-18-8-9-19(31-2)20-15(18)13-17(25-20)21(28)26-16(12-14-6-4-3-5-7-14)22(29)27-23-24-10-11-32-23/h3-11,13,16,25H,12H2,1-2H3,(H,26,28)(H,24,27,29). The molecule has 9 heteroatoms. The highest BCUT2D eigenvalue weighted by molar-refractivity contribution is 7.13. The summed E-state index contributed by atoms with van der Waals surface area (Å²) in [5.41, 5.74) is 1.86. The summed E-state index contributed by atoms with van der Waals surface area (Å²) in [6.45, 7) is 0. The Morgan fingerprint density at radius 1 is 1.09 bits per heavy atom. The fourth-order valence-electron chi connectivity index (χ4n) is 3.41. The Kier molecular flexibility index (Phi) is 6.37. The van der Waals surface area contributed by atoms with Crippen molar-refractivity contribution in [1.29, 1.82) is 0 Å². The van der Waals surface area contributed by atoms with Gasteiger partial charge in [0, 0.05) is 23.4 Å². The number of ether oxygens (including phenoxy) is 2. The summed E-state index contributed by atoms with van der Waals surface area (Å²) in [6, 6.07) is 13.9. The van der Waals surface area contributed by atoms with Crippen LogP contribution in [0.3, 0.4) is 0 Å². The van der Waals surface area contributed by atoms with Crippen molar-refractivity contribution < 1.29 is 19.1 Å². The topological polar surface area (TPSA) is 105 Å². The Bertz CT molecular complexity index is 1180. The van der Waals surface area contributed by atoms with Gasteiger partial charge in [0.2, 0.25) is 5.91 Å². The van der Waals surface area contributed by atoms with Crippen LogP contribution in [-0.2, 0) is 11.2 Å². The van der Waals surface area contributed by atoms with E-state index in [0.29, 0.717) is 39.6 Å². The monoisotopic (exact) mass is 450 g/mol. The minimum Gasteiger partial charge on any atom is -0.496 e. The second-order valence-electron chi connectivity index (χ2n) is 6.98. The molecule has 1 atom stereocenters. The Morgan fingerprint density at radius 2 is 1.84 bits per heavy atom. The van der Waals surface area contributed by atoms with Gasteiger partial charge in [-0.05, 0) is 23.8 Å². The summed E-state index contributed by atoms with van der Waals surface area (Å²) in [5.74, 6) is 0.435. The third kappa shape index (κ3) is 4.57. The lowest BCUT2D eigenvalue weighted by Crippen LogP contribution is -2.45. The van der Waals surface area contributed by atoms with E-state index in [1.165, 1.54) is 11.3 Å². The third-order valence-electron chi connectivity index (χ3n) is 4.97. The molecule has 0 saturated carbocycles. The molecule has 2 aromatic carbocycles. The van der Waals surface area contributed by atoms with Gasteiger partial charge in [0.1, 0.15) is 23.2 Å². The quantitative estimate of drug-likeness (QED) is 0.380. The van der Waals surface area contributed by atoms with Crippen LogP contribution < -0.4 is 20.1 Å². The van der Waals surface area contributed by atoms with Crippen molar-refractivity contribution in [3.05, 3.63) is 71.4 Å². The lowest BCUT2D eigenvalue weighted by molar-refractivity contribution is -0.118. The minimum absolute atomic E-state index is 0.294. The van der Waals surface area contributed by atoms with Crippen LogP contribution in [0.4, 0.5) is 5.13 Å². The molecule has 0 aliphatic heterocycles. The number of H-pyrrole nitrogens is 1. The minimum atomic E-state index is -0.802. The number of aromatic amines is 1. The van der Waals surface area contributed by atoms with Gasteiger partial charge < -0.3 is 25.1 Å². The van der Waals surface area contributed by atoms with Crippen LogP contribution >= 0.6 is 11.3 Å². The maximum atomic E-state index is 13.1. The van der Waals surface area contributed by atoms with Gasteiger partial charge in [-0.25, -0.2) is 4.98 Å². The van der Waals surface area contributed by atoms with Crippen LogP contribution in [0.2, 0.25) is 0 Å². The molecule has 0 bridgehead atoms. The van der Waals surface area contributed by atoms with Crippen LogP contribution in [0, 0.1) is 0 Å². The summed E-state index contributed by atoms with van der Waals surface area (Å²) < 4.78 is 10.8. The number of amides is 2. The zero-order valence-electron chi connectivity index (χ0n) is 17.5. The summed E-state index contributed by atoms with van der Waals surface area (Å²) in [4.78, 5) is 33.2. The number of aromatic nitrogens is 2. The number of hydrogen-bond donors (Lipinski definition) is 3. The van der Waals surface area contributed by atoms with Crippen LogP contribution in [0.1, 0.15) is 16.1 Å². The molecule has 1 unspecified atom stereocenters. The van der Waals surface area contributed by atoms with Crippen molar-refractivity contribution in [1.82, 2.24) is 15.3 Å². The van der Waals surface area contributed by atoms with Crippen LogP contribution in [0.25, 0.3) is 10.9 Å². The molecule has 3 N–H and O–H groups in total. The maximum Gasteiger partial charge on any atom is 0.268 e. The third-order valence-corrected chi connectivity index (χ3v) is 5.66. The molecule has 2 heterocycles. The highest BCUT2D eigenvalue weighted by Crippen LogP contribution is 2.33. The molecule has 2 aromatic heterocycles. The molecule has 0 radical (unpaired) electrons. The van der Waals surface area contributed by atoms with E-state index >= 15 is 0 Å². The van der Waals surface area contributed by atoms with Gasteiger partial charge >= 0.3 is 0 Å². The van der Waals surface area contributed by atoms with E-state index in [1.54, 1.807) is 44.0 Å². The Labute approximate surface area is 188 Å². The van der Waals surface area contributed by atoms with E-state index < -0.39 is 11.9 Å². The molecule has 2 amide bonds. The first-order valence-electron chi connectivity index (χ1n) is 9.88. The largest absolute Gasteiger partial charge is 0.496 e. The van der Waals surface area contributed by atoms with Gasteiger partial charge in [0.15, 0.2) is 5.13 Å². The molecule has 8 nitrogen and oxygen atoms in total. The SMILES string of the molecule is COc1ccc(OC)c2[nH]c(C(=O)NC(Cc3ccccc3)C(=O)Nc3nccs3)cc12. The summed E-state index contributed by atoms with van der Waals surface area (Å²) >= 11 is 1.31. The van der Waals surface area contributed by atoms with Crippen LogP contribution in [0.5, 0.6) is 11.5 Å². The second kappa shape index (κ2) is 9.52. The highest BCUT2D eigenvalue weighted by Gasteiger charge is 2.24. The zero-order valence-corrected chi connectivity index (χ0v) is 18.4. The van der Waals surface area contributed by atoms with Gasteiger partial charge in [-0.15, -0.1) is 11.3 Å². The first kappa shape index (κ1) is 21.4. The summed E-state index contributed by atoms with van der Waals surface area (Å²) in [6.07, 6.45) is 1.94. The lowest BCUT2D eigenvalue weighted by atomic mass is 10.1. The normalized spacial score (nSPS) is 11.7. The first-order chi connectivity index (χ1) is 15.6. The molecule has 0 spiro atoms. The van der Waals surface area contributed by atoms with Gasteiger partial charge in [-0.3, -0.25) is 9.59 Å². The van der Waals surface area contributed by atoms with Crippen molar-refractivity contribution in [2.75, 3.05) is 19.5 Å². The van der Waals surface area contributed by atoms with Gasteiger partial charge in [-0.1, -0.05) is 30.3 Å². The summed E-state index contributed by atoms with van der Waals surface area (Å²) in [7, 11) is 3.12. The van der Waals surface area contributed by atoms with E-state index in [0.717, 1.165) is 5.56 Å². The number of nitrogens with zero attached hydrogens (tertiary/aromatic N) is 1. The molecule has 0 aliphatic rings. The average molecular weight is 451 g/mol. The number of carbonyl (C=O) groups is 2. The van der Waals surface area contributed by atoms with E-state index in [4.69, 9.17) is 9.47 Å². The number of anilines is 1. The van der Waals surface area contributed by atoms with E-state index in [9.17, 15) is 9.59 Å². The number of thiazole rings is 1. The molecular formula is C23H22N4O4S. The predicted molar refractivity (Wildman–Crippen MR) is 124 cm³/mol. The highest BCUT2D eigenvalue weighted by atomic mass is 32.1. The number of nitrogens with one attached hydrogen (secondary N) is 3. The number of benzene rings is 2. The van der Waals surface area contributed by atoms with Gasteiger partial charge in [0.25, 0.3) is 5.91 Å². The van der Waals surface area contributed by atoms with E-state index in [-0.39, 0.29) is 5.91 Å². The second-order valence-corrected chi connectivity index (χ2v) is 7.88. The van der Waals surface area contributed by atoms with Crippen molar-refractivity contribution in [2.24, 2.45) is 0 Å². The number of hydrogen-bond acceptors (Lipinski definition) is 6. The Morgan fingerprint density at radius 3 is 2.53 bits per heavy atom. The Balaban J connectivity index is 1.60. The molecule has 0 saturated heterocycles. The number of carbonyl (C=O) groups excluding carboxylic acids is 2. The molecule has 32 heavy (non-hydrogen) atoms. The molecule has 0 fully saturated rings. The smallest absolute Gasteiger partial charge is 0.268 e. The molecule has 164 valence electrons. The van der Waals surface area contributed by atoms with Crippen molar-refractivity contribution >= 4 is 39.2 Å². The maximum absolute atomic E-state index is 13.1. The zero-order chi connectivity index (χ0) is 22.5. The van der Waals surface area contributed by atoms with E-state index in [1.807, 2.05) is 30.3 Å². The Hall–Kier alpha value is -3.85. The van der Waals surface area contributed by atoms with Crippen molar-refractivity contribution in [3.8, 4) is 11.5 Å². The van der Waals surface area contributed by atoms with Gasteiger partial charge in [-0.2, -0.15) is 0 Å². The average Bonchev–Trinajstić information content (AvgIpc) is 3.49. The van der Waals surface area contributed by atoms with Crippen molar-refractivity contribution in [2.45, 2.75) is 12.5 Å². The lowest BCUT2D eigenvalue weighted by Gasteiger charge is -2.17. The molecular weight excluding hydrogens is 428 g/mol. The number of fused-ring (bicyclic) bond motifs is 1. The summed E-state index contributed by atoms with van der Waals surface area (Å²) in [5, 5.41) is 8.56. The van der Waals surface area contributed by atoms with E-state index in [2.05, 4.69) is 20.6 Å². The van der Waals surface area contributed by atoms with Crippen LogP contribution in [0.15, 0.2) is 60.1 Å². The van der Waals surface area contributed by atoms with Gasteiger partial charge in [0.05, 0.1) is 19.7 Å².